The SMILES string of the molecule is N[C@@H](C(=O)N1CC(O)C1)c1ccccc1. The summed E-state index contributed by atoms with van der Waals surface area (Å²) in [5, 5.41) is 9.08. The van der Waals surface area contributed by atoms with Gasteiger partial charge < -0.3 is 15.7 Å². The average molecular weight is 206 g/mol. The predicted molar refractivity (Wildman–Crippen MR) is 56.0 cm³/mol. The van der Waals surface area contributed by atoms with Gasteiger partial charge in [-0.15, -0.1) is 0 Å². The number of carbonyl (C=O) groups excluding carboxylic acids is 1. The van der Waals surface area contributed by atoms with E-state index in [9.17, 15) is 4.79 Å². The van der Waals surface area contributed by atoms with E-state index >= 15 is 0 Å². The number of aliphatic hydroxyl groups is 1. The average Bonchev–Trinajstić information content (AvgIpc) is 2.24. The van der Waals surface area contributed by atoms with Crippen LogP contribution in [0, 0.1) is 0 Å². The second kappa shape index (κ2) is 4.00. The molecule has 0 spiro atoms. The lowest BCUT2D eigenvalue weighted by atomic mass is 10.0. The maximum Gasteiger partial charge on any atom is 0.244 e. The summed E-state index contributed by atoms with van der Waals surface area (Å²) in [5.41, 5.74) is 6.63. The molecule has 0 bridgehead atoms. The molecule has 1 fully saturated rings. The van der Waals surface area contributed by atoms with Crippen molar-refractivity contribution in [3.8, 4) is 0 Å². The first-order valence-corrected chi connectivity index (χ1v) is 4.96. The first-order valence-electron chi connectivity index (χ1n) is 4.96. The van der Waals surface area contributed by atoms with E-state index in [-0.39, 0.29) is 12.0 Å². The van der Waals surface area contributed by atoms with E-state index in [4.69, 9.17) is 10.8 Å². The molecule has 3 N–H and O–H groups in total. The molecule has 0 aliphatic carbocycles. The normalized spacial score (nSPS) is 18.4. The van der Waals surface area contributed by atoms with Gasteiger partial charge in [0, 0.05) is 13.1 Å². The number of β-amino-alcohol motifs (C(OH)–C–C–N with tert-alkyl or cyclic N) is 1. The largest absolute Gasteiger partial charge is 0.389 e. The van der Waals surface area contributed by atoms with Crippen molar-refractivity contribution in [1.82, 2.24) is 4.90 Å². The molecule has 1 amide bonds. The minimum absolute atomic E-state index is 0.119. The van der Waals surface area contributed by atoms with Crippen molar-refractivity contribution in [3.05, 3.63) is 35.9 Å². The van der Waals surface area contributed by atoms with E-state index in [0.717, 1.165) is 5.56 Å². The third-order valence-electron chi connectivity index (χ3n) is 2.60. The molecule has 80 valence electrons. The van der Waals surface area contributed by atoms with E-state index in [0.29, 0.717) is 13.1 Å². The quantitative estimate of drug-likeness (QED) is 0.709. The van der Waals surface area contributed by atoms with Crippen molar-refractivity contribution >= 4 is 5.91 Å². The number of nitrogens with two attached hydrogens (primary N) is 1. The second-order valence-corrected chi connectivity index (χ2v) is 3.79. The summed E-state index contributed by atoms with van der Waals surface area (Å²) in [4.78, 5) is 13.3. The van der Waals surface area contributed by atoms with Gasteiger partial charge in [0.15, 0.2) is 0 Å². The van der Waals surface area contributed by atoms with E-state index in [1.165, 1.54) is 0 Å². The summed E-state index contributed by atoms with van der Waals surface area (Å²) >= 11 is 0. The molecule has 4 nitrogen and oxygen atoms in total. The molecule has 1 aliphatic rings. The van der Waals surface area contributed by atoms with Crippen LogP contribution in [0.2, 0.25) is 0 Å². The van der Waals surface area contributed by atoms with Crippen molar-refractivity contribution < 1.29 is 9.90 Å². The van der Waals surface area contributed by atoms with Crippen LogP contribution in [0.15, 0.2) is 30.3 Å². The van der Waals surface area contributed by atoms with Crippen molar-refractivity contribution in [2.75, 3.05) is 13.1 Å². The van der Waals surface area contributed by atoms with Gasteiger partial charge in [-0.3, -0.25) is 4.79 Å². The van der Waals surface area contributed by atoms with Crippen molar-refractivity contribution in [1.29, 1.82) is 0 Å². The summed E-state index contributed by atoms with van der Waals surface area (Å²) in [6.07, 6.45) is -0.378. The van der Waals surface area contributed by atoms with E-state index in [1.807, 2.05) is 30.3 Å². The maximum atomic E-state index is 11.8. The Bertz CT molecular complexity index is 347. The van der Waals surface area contributed by atoms with Gasteiger partial charge in [-0.05, 0) is 5.56 Å². The molecule has 1 saturated heterocycles. The van der Waals surface area contributed by atoms with E-state index in [1.54, 1.807) is 4.90 Å². The van der Waals surface area contributed by atoms with E-state index < -0.39 is 6.04 Å². The van der Waals surface area contributed by atoms with Gasteiger partial charge in [-0.25, -0.2) is 0 Å². The lowest BCUT2D eigenvalue weighted by Gasteiger charge is -2.37. The van der Waals surface area contributed by atoms with Crippen molar-refractivity contribution in [3.63, 3.8) is 0 Å². The van der Waals surface area contributed by atoms with Crippen LogP contribution in [-0.4, -0.2) is 35.1 Å². The van der Waals surface area contributed by atoms with Crippen LogP contribution in [0.25, 0.3) is 0 Å². The number of carbonyl (C=O) groups is 1. The highest BCUT2D eigenvalue weighted by Crippen LogP contribution is 2.17. The summed E-state index contributed by atoms with van der Waals surface area (Å²) in [7, 11) is 0. The highest BCUT2D eigenvalue weighted by Gasteiger charge is 2.32. The fraction of sp³-hybridized carbons (Fsp3) is 0.364. The van der Waals surface area contributed by atoms with Crippen molar-refractivity contribution in [2.45, 2.75) is 12.1 Å². The van der Waals surface area contributed by atoms with Gasteiger partial charge in [-0.1, -0.05) is 30.3 Å². The van der Waals surface area contributed by atoms with Gasteiger partial charge in [0.2, 0.25) is 5.91 Å². The number of amides is 1. The first kappa shape index (κ1) is 10.1. The smallest absolute Gasteiger partial charge is 0.244 e. The molecule has 1 aromatic rings. The Labute approximate surface area is 88.3 Å². The number of hydrogen-bond acceptors (Lipinski definition) is 3. The van der Waals surface area contributed by atoms with Gasteiger partial charge in [0.05, 0.1) is 6.10 Å². The van der Waals surface area contributed by atoms with Crippen LogP contribution >= 0.6 is 0 Å². The van der Waals surface area contributed by atoms with Crippen LogP contribution in [-0.2, 0) is 4.79 Å². The number of likely N-dealkylation sites (tertiary alicyclic amines) is 1. The molecule has 0 aromatic heterocycles. The topological polar surface area (TPSA) is 66.6 Å². The lowest BCUT2D eigenvalue weighted by Crippen LogP contribution is -2.55. The minimum atomic E-state index is -0.612. The fourth-order valence-corrected chi connectivity index (χ4v) is 1.63. The van der Waals surface area contributed by atoms with Crippen LogP contribution in [0.5, 0.6) is 0 Å². The number of benzene rings is 1. The maximum absolute atomic E-state index is 11.8. The Morgan fingerprint density at radius 3 is 2.53 bits per heavy atom. The van der Waals surface area contributed by atoms with Crippen LogP contribution in [0.4, 0.5) is 0 Å². The molecule has 0 radical (unpaired) electrons. The Balaban J connectivity index is 2.02. The molecule has 4 heteroatoms. The molecule has 2 rings (SSSR count). The molecule has 15 heavy (non-hydrogen) atoms. The highest BCUT2D eigenvalue weighted by atomic mass is 16.3. The molecule has 1 aromatic carbocycles. The summed E-state index contributed by atoms with van der Waals surface area (Å²) in [6, 6.07) is 8.64. The zero-order valence-corrected chi connectivity index (χ0v) is 8.34. The van der Waals surface area contributed by atoms with Crippen LogP contribution < -0.4 is 5.73 Å². The summed E-state index contributed by atoms with van der Waals surface area (Å²) in [5.74, 6) is -0.119. The Morgan fingerprint density at radius 2 is 2.00 bits per heavy atom. The zero-order valence-electron chi connectivity index (χ0n) is 8.34. The predicted octanol–water partition coefficient (Wildman–Crippen LogP) is -0.111. The Kier molecular flexibility index (Phi) is 2.70. The number of hydrogen-bond donors (Lipinski definition) is 2. The molecular formula is C11H14N2O2. The van der Waals surface area contributed by atoms with Crippen LogP contribution in [0.1, 0.15) is 11.6 Å². The number of nitrogens with zero attached hydrogens (tertiary/aromatic N) is 1. The molecular weight excluding hydrogens is 192 g/mol. The van der Waals surface area contributed by atoms with Gasteiger partial charge in [0.1, 0.15) is 6.04 Å². The Morgan fingerprint density at radius 1 is 1.40 bits per heavy atom. The molecule has 1 atom stereocenters. The third-order valence-corrected chi connectivity index (χ3v) is 2.60. The molecule has 1 aliphatic heterocycles. The first-order chi connectivity index (χ1) is 7.18. The fourth-order valence-electron chi connectivity index (χ4n) is 1.63. The minimum Gasteiger partial charge on any atom is -0.389 e. The molecule has 0 unspecified atom stereocenters. The van der Waals surface area contributed by atoms with Gasteiger partial charge >= 0.3 is 0 Å². The number of aliphatic hydroxyl groups excluding tert-OH is 1. The van der Waals surface area contributed by atoms with Gasteiger partial charge in [0.25, 0.3) is 0 Å². The van der Waals surface area contributed by atoms with Crippen LogP contribution in [0.3, 0.4) is 0 Å². The third kappa shape index (κ3) is 2.00. The standard InChI is InChI=1S/C11H14N2O2/c12-10(8-4-2-1-3-5-8)11(15)13-6-9(14)7-13/h1-5,9-10,14H,6-7,12H2/t10-/m1/s1. The second-order valence-electron chi connectivity index (χ2n) is 3.79. The lowest BCUT2D eigenvalue weighted by molar-refractivity contribution is -0.142. The Hall–Kier alpha value is -1.39. The monoisotopic (exact) mass is 206 g/mol. The van der Waals surface area contributed by atoms with E-state index in [2.05, 4.69) is 0 Å². The molecule has 0 saturated carbocycles. The zero-order chi connectivity index (χ0) is 10.8. The number of rotatable bonds is 2. The van der Waals surface area contributed by atoms with Gasteiger partial charge in [-0.2, -0.15) is 0 Å². The summed E-state index contributed by atoms with van der Waals surface area (Å²) in [6.45, 7) is 0.804. The highest BCUT2D eigenvalue weighted by molar-refractivity contribution is 5.83. The van der Waals surface area contributed by atoms with Crippen molar-refractivity contribution in [2.24, 2.45) is 5.73 Å². The molecule has 1 heterocycles. The summed E-state index contributed by atoms with van der Waals surface area (Å²) < 4.78 is 0.